The van der Waals surface area contributed by atoms with Crippen LogP contribution in [-0.4, -0.2) is 5.78 Å². The van der Waals surface area contributed by atoms with Crippen molar-refractivity contribution in [2.24, 2.45) is 0 Å². The summed E-state index contributed by atoms with van der Waals surface area (Å²) < 4.78 is 0. The fraction of sp³-hybridized carbons (Fsp3) is 0.308. The molecule has 0 saturated heterocycles. The van der Waals surface area contributed by atoms with E-state index >= 15 is 0 Å². The molecule has 0 unspecified atom stereocenters. The van der Waals surface area contributed by atoms with Crippen LogP contribution in [0.3, 0.4) is 0 Å². The zero-order valence-electron chi connectivity index (χ0n) is 9.00. The van der Waals surface area contributed by atoms with E-state index < -0.39 is 0 Å². The average Bonchev–Trinajstić information content (AvgIpc) is 2.12. The number of hydrogen-bond acceptors (Lipinski definition) is 1. The van der Waals surface area contributed by atoms with Crippen molar-refractivity contribution in [3.05, 3.63) is 47.0 Å². The van der Waals surface area contributed by atoms with Crippen molar-refractivity contribution >= 4 is 5.78 Å². The van der Waals surface area contributed by atoms with Crippen LogP contribution < -0.4 is 0 Å². The third-order valence-corrected chi connectivity index (χ3v) is 2.22. The van der Waals surface area contributed by atoms with Crippen LogP contribution in [0.2, 0.25) is 0 Å². The Hall–Kier alpha value is -1.37. The molecule has 0 N–H and O–H groups in total. The van der Waals surface area contributed by atoms with Gasteiger partial charge in [0.25, 0.3) is 0 Å². The zero-order chi connectivity index (χ0) is 10.6. The Morgan fingerprint density at radius 3 is 2.71 bits per heavy atom. The minimum atomic E-state index is 0.168. The van der Waals surface area contributed by atoms with Crippen LogP contribution in [0.4, 0.5) is 0 Å². The van der Waals surface area contributed by atoms with Crippen LogP contribution in [0.15, 0.2) is 30.4 Å². The molecule has 0 radical (unpaired) electrons. The summed E-state index contributed by atoms with van der Waals surface area (Å²) in [5.41, 5.74) is 3.53. The van der Waals surface area contributed by atoms with Gasteiger partial charge in [-0.05, 0) is 38.0 Å². The lowest BCUT2D eigenvalue weighted by molar-refractivity contribution is -0.114. The molecule has 1 aromatic carbocycles. The highest BCUT2D eigenvalue weighted by Crippen LogP contribution is 2.11. The highest BCUT2D eigenvalue weighted by Gasteiger charge is 2.02. The van der Waals surface area contributed by atoms with Gasteiger partial charge >= 0.3 is 0 Å². The molecule has 0 amide bonds. The lowest BCUT2D eigenvalue weighted by Gasteiger charge is -2.04. The fourth-order valence-electron chi connectivity index (χ4n) is 1.42. The number of aryl methyl sites for hydroxylation is 2. The third-order valence-electron chi connectivity index (χ3n) is 2.22. The molecule has 0 saturated carbocycles. The van der Waals surface area contributed by atoms with E-state index in [-0.39, 0.29) is 5.78 Å². The standard InChI is InChI=1S/C13H16O/c1-4-5-13(14)9-12-8-10(2)6-7-11(12)3/h4-8H,9H2,1-3H3/b5-4+. The summed E-state index contributed by atoms with van der Waals surface area (Å²) in [6, 6.07) is 6.21. The van der Waals surface area contributed by atoms with Crippen LogP contribution in [-0.2, 0) is 11.2 Å². The van der Waals surface area contributed by atoms with E-state index in [4.69, 9.17) is 0 Å². The molecule has 1 rings (SSSR count). The Balaban J connectivity index is 2.85. The lowest BCUT2D eigenvalue weighted by Crippen LogP contribution is -2.00. The first-order valence-corrected chi connectivity index (χ1v) is 4.85. The van der Waals surface area contributed by atoms with E-state index in [0.717, 1.165) is 5.56 Å². The van der Waals surface area contributed by atoms with Gasteiger partial charge in [-0.1, -0.05) is 29.8 Å². The SMILES string of the molecule is C/C=C/C(=O)Cc1cc(C)ccc1C. The molecule has 0 atom stereocenters. The molecule has 0 aliphatic carbocycles. The van der Waals surface area contributed by atoms with E-state index in [0.29, 0.717) is 6.42 Å². The maximum atomic E-state index is 11.4. The summed E-state index contributed by atoms with van der Waals surface area (Å²) in [6.45, 7) is 5.95. The number of benzene rings is 1. The molecule has 1 nitrogen and oxygen atoms in total. The predicted molar refractivity (Wildman–Crippen MR) is 59.4 cm³/mol. The minimum Gasteiger partial charge on any atom is -0.294 e. The molecule has 74 valence electrons. The molecule has 1 heteroatoms. The Morgan fingerprint density at radius 1 is 1.36 bits per heavy atom. The predicted octanol–water partition coefficient (Wildman–Crippen LogP) is 2.99. The Labute approximate surface area is 85.5 Å². The first-order valence-electron chi connectivity index (χ1n) is 4.85. The number of carbonyl (C=O) groups is 1. The van der Waals surface area contributed by atoms with Crippen molar-refractivity contribution < 1.29 is 4.79 Å². The van der Waals surface area contributed by atoms with Crippen molar-refractivity contribution in [2.45, 2.75) is 27.2 Å². The van der Waals surface area contributed by atoms with E-state index in [1.807, 2.05) is 20.8 Å². The Bertz CT molecular complexity index is 361. The van der Waals surface area contributed by atoms with Crippen molar-refractivity contribution in [1.82, 2.24) is 0 Å². The van der Waals surface area contributed by atoms with E-state index in [2.05, 4.69) is 18.2 Å². The third kappa shape index (κ3) is 2.84. The van der Waals surface area contributed by atoms with Gasteiger partial charge in [0.15, 0.2) is 5.78 Å². The molecule has 0 aromatic heterocycles. The van der Waals surface area contributed by atoms with E-state index in [9.17, 15) is 4.79 Å². The highest BCUT2D eigenvalue weighted by atomic mass is 16.1. The molecule has 14 heavy (non-hydrogen) atoms. The molecule has 1 aromatic rings. The first kappa shape index (κ1) is 10.7. The summed E-state index contributed by atoms with van der Waals surface area (Å²) in [6.07, 6.45) is 3.92. The number of ketones is 1. The normalized spacial score (nSPS) is 10.8. The Kier molecular flexibility index (Phi) is 3.63. The van der Waals surface area contributed by atoms with Crippen LogP contribution in [0, 0.1) is 13.8 Å². The Morgan fingerprint density at radius 2 is 2.07 bits per heavy atom. The quantitative estimate of drug-likeness (QED) is 0.666. The van der Waals surface area contributed by atoms with Gasteiger partial charge in [0.1, 0.15) is 0 Å². The van der Waals surface area contributed by atoms with Crippen molar-refractivity contribution in [3.8, 4) is 0 Å². The average molecular weight is 188 g/mol. The summed E-state index contributed by atoms with van der Waals surface area (Å²) in [5.74, 6) is 0.168. The number of hydrogen-bond donors (Lipinski definition) is 0. The van der Waals surface area contributed by atoms with Crippen LogP contribution in [0.5, 0.6) is 0 Å². The molecule has 0 aliphatic rings. The van der Waals surface area contributed by atoms with Crippen molar-refractivity contribution in [2.75, 3.05) is 0 Å². The minimum absolute atomic E-state index is 0.168. The number of carbonyl (C=O) groups excluding carboxylic acids is 1. The highest BCUT2D eigenvalue weighted by molar-refractivity contribution is 5.91. The van der Waals surface area contributed by atoms with Gasteiger partial charge in [0.05, 0.1) is 0 Å². The van der Waals surface area contributed by atoms with E-state index in [1.165, 1.54) is 11.1 Å². The maximum absolute atomic E-state index is 11.4. The summed E-state index contributed by atoms with van der Waals surface area (Å²) in [7, 11) is 0. The number of rotatable bonds is 3. The smallest absolute Gasteiger partial charge is 0.159 e. The van der Waals surface area contributed by atoms with Crippen LogP contribution in [0.25, 0.3) is 0 Å². The second-order valence-electron chi connectivity index (χ2n) is 3.57. The van der Waals surface area contributed by atoms with Gasteiger partial charge in [-0.15, -0.1) is 0 Å². The molecule has 0 aliphatic heterocycles. The van der Waals surface area contributed by atoms with Gasteiger partial charge in [0, 0.05) is 6.42 Å². The lowest BCUT2D eigenvalue weighted by atomic mass is 10.0. The van der Waals surface area contributed by atoms with Crippen LogP contribution in [0.1, 0.15) is 23.6 Å². The van der Waals surface area contributed by atoms with Gasteiger partial charge in [-0.25, -0.2) is 0 Å². The molecule has 0 fully saturated rings. The second kappa shape index (κ2) is 4.75. The zero-order valence-corrected chi connectivity index (χ0v) is 9.00. The van der Waals surface area contributed by atoms with Crippen molar-refractivity contribution in [3.63, 3.8) is 0 Å². The maximum Gasteiger partial charge on any atom is 0.159 e. The second-order valence-corrected chi connectivity index (χ2v) is 3.57. The molecule has 0 spiro atoms. The topological polar surface area (TPSA) is 17.1 Å². The molecular formula is C13H16O. The monoisotopic (exact) mass is 188 g/mol. The summed E-state index contributed by atoms with van der Waals surface area (Å²) in [4.78, 5) is 11.4. The largest absolute Gasteiger partial charge is 0.294 e. The molecular weight excluding hydrogens is 172 g/mol. The van der Waals surface area contributed by atoms with Crippen LogP contribution >= 0.6 is 0 Å². The van der Waals surface area contributed by atoms with Gasteiger partial charge in [-0.2, -0.15) is 0 Å². The van der Waals surface area contributed by atoms with Gasteiger partial charge in [0.2, 0.25) is 0 Å². The first-order chi connectivity index (χ1) is 6.63. The van der Waals surface area contributed by atoms with Crippen molar-refractivity contribution in [1.29, 1.82) is 0 Å². The van der Waals surface area contributed by atoms with Gasteiger partial charge < -0.3 is 0 Å². The summed E-state index contributed by atoms with van der Waals surface area (Å²) in [5, 5.41) is 0. The number of allylic oxidation sites excluding steroid dienone is 2. The molecule has 0 bridgehead atoms. The van der Waals surface area contributed by atoms with E-state index in [1.54, 1.807) is 12.2 Å². The molecule has 0 heterocycles. The fourth-order valence-corrected chi connectivity index (χ4v) is 1.42. The summed E-state index contributed by atoms with van der Waals surface area (Å²) >= 11 is 0. The van der Waals surface area contributed by atoms with Gasteiger partial charge in [-0.3, -0.25) is 4.79 Å².